The van der Waals surface area contributed by atoms with Gasteiger partial charge in [-0.05, 0) is 51.5 Å². The van der Waals surface area contributed by atoms with Crippen LogP contribution in [0.15, 0.2) is 54.6 Å². The van der Waals surface area contributed by atoms with E-state index in [1.807, 2.05) is 44.2 Å². The molecule has 154 valence electrons. The molecule has 0 radical (unpaired) electrons. The molecule has 29 heavy (non-hydrogen) atoms. The van der Waals surface area contributed by atoms with Crippen LogP contribution in [0.5, 0.6) is 0 Å². The quantitative estimate of drug-likeness (QED) is 0.751. The summed E-state index contributed by atoms with van der Waals surface area (Å²) in [6.07, 6.45) is 0. The third-order valence-corrected chi connectivity index (χ3v) is 7.01. The number of benzene rings is 2. The smallest absolute Gasteiger partial charge is 0.254 e. The minimum Gasteiger partial charge on any atom is -0.332 e. The molecule has 1 fully saturated rings. The number of sulfonamides is 1. The summed E-state index contributed by atoms with van der Waals surface area (Å²) in [5.41, 5.74) is 0.565. The van der Waals surface area contributed by atoms with Crippen molar-refractivity contribution in [3.8, 4) is 0 Å². The van der Waals surface area contributed by atoms with E-state index < -0.39 is 21.3 Å². The minimum atomic E-state index is -3.77. The molecule has 3 rings (SSSR count). The highest BCUT2D eigenvalue weighted by Gasteiger charge is 2.50. The van der Waals surface area contributed by atoms with Crippen molar-refractivity contribution in [2.24, 2.45) is 5.41 Å². The second kappa shape index (κ2) is 7.63. The van der Waals surface area contributed by atoms with Gasteiger partial charge in [0, 0.05) is 18.2 Å². The molecule has 0 unspecified atom stereocenters. The van der Waals surface area contributed by atoms with E-state index in [1.165, 1.54) is 6.07 Å². The second-order valence-corrected chi connectivity index (χ2v) is 10.1. The number of amides is 2. The number of hydrogen-bond donors (Lipinski definition) is 0. The highest BCUT2D eigenvalue weighted by atomic mass is 32.2. The van der Waals surface area contributed by atoms with Gasteiger partial charge in [-0.2, -0.15) is 0 Å². The summed E-state index contributed by atoms with van der Waals surface area (Å²) in [5, 5.41) is 0. The molecule has 2 amide bonds. The fourth-order valence-corrected chi connectivity index (χ4v) is 5.56. The summed E-state index contributed by atoms with van der Waals surface area (Å²) in [4.78, 5) is 27.6. The molecule has 0 N–H and O–H groups in total. The molecule has 2 aromatic rings. The largest absolute Gasteiger partial charge is 0.332 e. The van der Waals surface area contributed by atoms with Gasteiger partial charge in [0.05, 0.1) is 16.9 Å². The Labute approximate surface area is 172 Å². The Morgan fingerprint density at radius 2 is 1.76 bits per heavy atom. The SMILES string of the molecule is CC(C)N(Cc1ccccc1)C(=O)c1cccc(N2C(=O)C(C)(C)CS2(=O)=O)c1. The lowest BCUT2D eigenvalue weighted by atomic mass is 9.95. The first-order chi connectivity index (χ1) is 13.5. The van der Waals surface area contributed by atoms with Crippen LogP contribution in [0.4, 0.5) is 5.69 Å². The van der Waals surface area contributed by atoms with Gasteiger partial charge >= 0.3 is 0 Å². The third kappa shape index (κ3) is 4.19. The predicted molar refractivity (Wildman–Crippen MR) is 113 cm³/mol. The average molecular weight is 415 g/mol. The monoisotopic (exact) mass is 414 g/mol. The Bertz CT molecular complexity index is 1030. The summed E-state index contributed by atoms with van der Waals surface area (Å²) in [7, 11) is -3.77. The van der Waals surface area contributed by atoms with E-state index >= 15 is 0 Å². The number of carbonyl (C=O) groups excluding carboxylic acids is 2. The van der Waals surface area contributed by atoms with Crippen molar-refractivity contribution in [1.29, 1.82) is 0 Å². The third-order valence-electron chi connectivity index (χ3n) is 4.99. The van der Waals surface area contributed by atoms with Gasteiger partial charge in [0.25, 0.3) is 5.91 Å². The van der Waals surface area contributed by atoms with E-state index in [0.717, 1.165) is 9.87 Å². The van der Waals surface area contributed by atoms with Gasteiger partial charge in [-0.3, -0.25) is 9.59 Å². The highest BCUT2D eigenvalue weighted by Crippen LogP contribution is 2.36. The lowest BCUT2D eigenvalue weighted by Crippen LogP contribution is -2.37. The van der Waals surface area contributed by atoms with E-state index in [-0.39, 0.29) is 23.4 Å². The maximum absolute atomic E-state index is 13.2. The van der Waals surface area contributed by atoms with E-state index in [1.54, 1.807) is 36.9 Å². The Kier molecular flexibility index (Phi) is 5.54. The summed E-state index contributed by atoms with van der Waals surface area (Å²) >= 11 is 0. The van der Waals surface area contributed by atoms with Crippen LogP contribution in [0.25, 0.3) is 0 Å². The number of carbonyl (C=O) groups is 2. The molecule has 0 bridgehead atoms. The van der Waals surface area contributed by atoms with E-state index in [4.69, 9.17) is 0 Å². The van der Waals surface area contributed by atoms with Crippen LogP contribution >= 0.6 is 0 Å². The Hall–Kier alpha value is -2.67. The molecule has 0 aromatic heterocycles. The number of nitrogens with zero attached hydrogens (tertiary/aromatic N) is 2. The van der Waals surface area contributed by atoms with Crippen LogP contribution in [0.1, 0.15) is 43.6 Å². The van der Waals surface area contributed by atoms with Crippen molar-refractivity contribution in [1.82, 2.24) is 4.90 Å². The van der Waals surface area contributed by atoms with Crippen molar-refractivity contribution < 1.29 is 18.0 Å². The highest BCUT2D eigenvalue weighted by molar-refractivity contribution is 7.94. The van der Waals surface area contributed by atoms with Crippen LogP contribution in [0.3, 0.4) is 0 Å². The molecule has 6 nitrogen and oxygen atoms in total. The van der Waals surface area contributed by atoms with Crippen molar-refractivity contribution in [2.45, 2.75) is 40.3 Å². The lowest BCUT2D eigenvalue weighted by Gasteiger charge is -2.27. The first kappa shape index (κ1) is 21.0. The lowest BCUT2D eigenvalue weighted by molar-refractivity contribution is -0.123. The van der Waals surface area contributed by atoms with Crippen molar-refractivity contribution in [3.63, 3.8) is 0 Å². The van der Waals surface area contributed by atoms with Gasteiger partial charge in [0.15, 0.2) is 0 Å². The minimum absolute atomic E-state index is 0.0533. The fourth-order valence-electron chi connectivity index (χ4n) is 3.46. The van der Waals surface area contributed by atoms with Crippen LogP contribution in [0.2, 0.25) is 0 Å². The zero-order valence-electron chi connectivity index (χ0n) is 17.1. The standard InChI is InChI=1S/C22H26N2O4S/c1-16(2)23(14-17-9-6-5-7-10-17)20(25)18-11-8-12-19(13-18)24-21(26)22(3,4)15-29(24,27)28/h5-13,16H,14-15H2,1-4H3. The van der Waals surface area contributed by atoms with Crippen molar-refractivity contribution in [2.75, 3.05) is 10.1 Å². The molecule has 1 aliphatic rings. The second-order valence-electron chi connectivity index (χ2n) is 8.27. The van der Waals surface area contributed by atoms with E-state index in [2.05, 4.69) is 0 Å². The van der Waals surface area contributed by atoms with E-state index in [0.29, 0.717) is 12.1 Å². The molecule has 1 heterocycles. The molecule has 0 atom stereocenters. The zero-order valence-corrected chi connectivity index (χ0v) is 17.9. The van der Waals surface area contributed by atoms with Gasteiger partial charge in [0.1, 0.15) is 0 Å². The van der Waals surface area contributed by atoms with Gasteiger partial charge < -0.3 is 4.90 Å². The Morgan fingerprint density at radius 1 is 1.10 bits per heavy atom. The van der Waals surface area contributed by atoms with Gasteiger partial charge in [-0.15, -0.1) is 0 Å². The van der Waals surface area contributed by atoms with Crippen molar-refractivity contribution >= 4 is 27.5 Å². The molecular weight excluding hydrogens is 388 g/mol. The van der Waals surface area contributed by atoms with E-state index in [9.17, 15) is 18.0 Å². The molecule has 0 saturated carbocycles. The zero-order chi connectivity index (χ0) is 21.4. The van der Waals surface area contributed by atoms with Crippen LogP contribution in [-0.4, -0.2) is 36.9 Å². The van der Waals surface area contributed by atoms with Crippen LogP contribution in [0, 0.1) is 5.41 Å². The topological polar surface area (TPSA) is 74.8 Å². The number of hydrogen-bond acceptors (Lipinski definition) is 4. The first-order valence-electron chi connectivity index (χ1n) is 9.55. The molecular formula is C22H26N2O4S. The van der Waals surface area contributed by atoms with Gasteiger partial charge in [0.2, 0.25) is 15.9 Å². The molecule has 0 aliphatic carbocycles. The summed E-state index contributed by atoms with van der Waals surface area (Å²) < 4.78 is 26.0. The number of rotatable bonds is 5. The summed E-state index contributed by atoms with van der Waals surface area (Å²) in [5.74, 6) is -0.940. The predicted octanol–water partition coefficient (Wildman–Crippen LogP) is 3.44. The van der Waals surface area contributed by atoms with Crippen molar-refractivity contribution in [3.05, 3.63) is 65.7 Å². The molecule has 0 spiro atoms. The normalized spacial score (nSPS) is 17.6. The molecule has 1 saturated heterocycles. The van der Waals surface area contributed by atoms with Gasteiger partial charge in [-0.25, -0.2) is 12.7 Å². The Balaban J connectivity index is 1.94. The average Bonchev–Trinajstić information content (AvgIpc) is 2.82. The van der Waals surface area contributed by atoms with Gasteiger partial charge in [-0.1, -0.05) is 36.4 Å². The van der Waals surface area contributed by atoms with Crippen LogP contribution < -0.4 is 4.31 Å². The molecule has 7 heteroatoms. The molecule has 2 aromatic carbocycles. The molecule has 1 aliphatic heterocycles. The maximum Gasteiger partial charge on any atom is 0.254 e. The summed E-state index contributed by atoms with van der Waals surface area (Å²) in [6.45, 7) is 7.53. The summed E-state index contributed by atoms with van der Waals surface area (Å²) in [6, 6.07) is 15.9. The fraction of sp³-hybridized carbons (Fsp3) is 0.364. The number of anilines is 1. The first-order valence-corrected chi connectivity index (χ1v) is 11.2. The van der Waals surface area contributed by atoms with Crippen LogP contribution in [-0.2, 0) is 21.4 Å². The maximum atomic E-state index is 13.2. The Morgan fingerprint density at radius 3 is 2.31 bits per heavy atom.